The van der Waals surface area contributed by atoms with E-state index in [2.05, 4.69) is 0 Å². The van der Waals surface area contributed by atoms with Gasteiger partial charge >= 0.3 is 5.97 Å². The van der Waals surface area contributed by atoms with Gasteiger partial charge in [0.15, 0.2) is 0 Å². The summed E-state index contributed by atoms with van der Waals surface area (Å²) in [5, 5.41) is 19.2. The van der Waals surface area contributed by atoms with Crippen LogP contribution >= 0.6 is 0 Å². The summed E-state index contributed by atoms with van der Waals surface area (Å²) in [5.41, 5.74) is 2.68. The molecule has 21 heavy (non-hydrogen) atoms. The maximum absolute atomic E-state index is 12.2. The molecule has 2 aromatic rings. The highest BCUT2D eigenvalue weighted by Crippen LogP contribution is 2.30. The molecule has 3 rings (SSSR count). The second-order valence-electron chi connectivity index (χ2n) is 5.03. The minimum absolute atomic E-state index is 0.0738. The summed E-state index contributed by atoms with van der Waals surface area (Å²) in [4.78, 5) is 12.2. The first-order valence-electron chi connectivity index (χ1n) is 6.58. The third-order valence-corrected chi connectivity index (χ3v) is 3.46. The van der Waals surface area contributed by atoms with Gasteiger partial charge in [-0.2, -0.15) is 0 Å². The topological polar surface area (TPSA) is 66.8 Å². The molecule has 0 atom stereocenters. The Bertz CT molecular complexity index is 736. The van der Waals surface area contributed by atoms with Crippen molar-refractivity contribution in [2.45, 2.75) is 13.3 Å². The number of esters is 1. The molecule has 106 valence electrons. The maximum atomic E-state index is 12.2. The highest BCUT2D eigenvalue weighted by molar-refractivity contribution is 5.95. The first-order valence-corrected chi connectivity index (χ1v) is 6.58. The number of aromatic hydroxyl groups is 2. The number of phenols is 2. The first kappa shape index (κ1) is 13.2. The zero-order valence-electron chi connectivity index (χ0n) is 11.5. The van der Waals surface area contributed by atoms with Crippen LogP contribution in [0, 0.1) is 6.92 Å². The average Bonchev–Trinajstić information content (AvgIpc) is 2.79. The molecule has 0 unspecified atom stereocenters. The van der Waals surface area contributed by atoms with Crippen molar-refractivity contribution in [3.8, 4) is 11.5 Å². The zero-order valence-corrected chi connectivity index (χ0v) is 11.5. The lowest BCUT2D eigenvalue weighted by Crippen LogP contribution is -2.07. The summed E-state index contributed by atoms with van der Waals surface area (Å²) >= 11 is 0. The van der Waals surface area contributed by atoms with E-state index in [1.807, 2.05) is 30.3 Å². The number of allylic oxidation sites excluding steroid dienone is 1. The molecular formula is C17H14O4. The molecule has 2 aromatic carbocycles. The van der Waals surface area contributed by atoms with Crippen LogP contribution in [0.3, 0.4) is 0 Å². The Morgan fingerprint density at radius 3 is 2.67 bits per heavy atom. The molecule has 0 amide bonds. The van der Waals surface area contributed by atoms with Gasteiger partial charge in [-0.25, -0.2) is 4.79 Å². The number of fused-ring (bicyclic) bond motifs is 1. The predicted octanol–water partition coefficient (Wildman–Crippen LogP) is 3.16. The van der Waals surface area contributed by atoms with Gasteiger partial charge in [0.1, 0.15) is 22.8 Å². The molecule has 4 nitrogen and oxygen atoms in total. The number of rotatable bonds is 2. The van der Waals surface area contributed by atoms with Gasteiger partial charge in [-0.3, -0.25) is 0 Å². The van der Waals surface area contributed by atoms with Crippen LogP contribution in [0.2, 0.25) is 0 Å². The summed E-state index contributed by atoms with van der Waals surface area (Å²) in [6, 6.07) is 10.3. The maximum Gasteiger partial charge on any atom is 0.347 e. The van der Waals surface area contributed by atoms with Gasteiger partial charge in [-0.1, -0.05) is 24.3 Å². The van der Waals surface area contributed by atoms with Crippen molar-refractivity contribution in [2.75, 3.05) is 0 Å². The molecule has 0 saturated carbocycles. The molecule has 0 aromatic heterocycles. The molecule has 0 fully saturated rings. The predicted molar refractivity (Wildman–Crippen MR) is 78.0 cm³/mol. The molecule has 2 N–H and O–H groups in total. The van der Waals surface area contributed by atoms with Crippen molar-refractivity contribution in [3.05, 3.63) is 64.4 Å². The number of carbonyl (C=O) groups is 1. The number of phenolic OH excluding ortho intramolecular Hbond substituents is 2. The van der Waals surface area contributed by atoms with Crippen molar-refractivity contribution >= 4 is 12.0 Å². The molecule has 0 spiro atoms. The highest BCUT2D eigenvalue weighted by Gasteiger charge is 2.21. The van der Waals surface area contributed by atoms with Crippen LogP contribution < -0.4 is 0 Å². The third kappa shape index (κ3) is 2.48. The lowest BCUT2D eigenvalue weighted by atomic mass is 10.1. The fourth-order valence-electron chi connectivity index (χ4n) is 2.50. The van der Waals surface area contributed by atoms with Crippen LogP contribution in [-0.4, -0.2) is 16.2 Å². The second-order valence-corrected chi connectivity index (χ2v) is 5.03. The van der Waals surface area contributed by atoms with E-state index in [1.165, 1.54) is 6.07 Å². The Morgan fingerprint density at radius 1 is 1.19 bits per heavy atom. The van der Waals surface area contributed by atoms with Gasteiger partial charge in [0.05, 0.1) is 0 Å². The van der Waals surface area contributed by atoms with Gasteiger partial charge in [-0.15, -0.1) is 0 Å². The smallest absolute Gasteiger partial charge is 0.347 e. The number of carbonyl (C=O) groups excluding carboxylic acids is 1. The Kier molecular flexibility index (Phi) is 3.14. The van der Waals surface area contributed by atoms with Crippen molar-refractivity contribution in [1.82, 2.24) is 0 Å². The average molecular weight is 282 g/mol. The molecule has 0 saturated heterocycles. The van der Waals surface area contributed by atoms with E-state index >= 15 is 0 Å². The molecule has 0 heterocycles. The van der Waals surface area contributed by atoms with Gasteiger partial charge in [0, 0.05) is 12.5 Å². The number of hydrogen-bond acceptors (Lipinski definition) is 4. The van der Waals surface area contributed by atoms with E-state index in [9.17, 15) is 15.0 Å². The van der Waals surface area contributed by atoms with Crippen molar-refractivity contribution < 1.29 is 19.7 Å². The van der Waals surface area contributed by atoms with E-state index in [0.717, 1.165) is 17.2 Å². The minimum atomic E-state index is -0.621. The van der Waals surface area contributed by atoms with Crippen LogP contribution in [-0.2, 0) is 11.2 Å². The van der Waals surface area contributed by atoms with E-state index in [0.29, 0.717) is 17.7 Å². The molecule has 0 aliphatic heterocycles. The van der Waals surface area contributed by atoms with Gasteiger partial charge in [0.25, 0.3) is 0 Å². The van der Waals surface area contributed by atoms with Crippen LogP contribution in [0.4, 0.5) is 0 Å². The lowest BCUT2D eigenvalue weighted by Gasteiger charge is -2.09. The Hall–Kier alpha value is -2.75. The van der Waals surface area contributed by atoms with Crippen LogP contribution in [0.15, 0.2) is 42.2 Å². The first-order chi connectivity index (χ1) is 10.0. The fourth-order valence-corrected chi connectivity index (χ4v) is 2.50. The summed E-state index contributed by atoms with van der Waals surface area (Å²) in [6.45, 7) is 1.63. The van der Waals surface area contributed by atoms with E-state index in [4.69, 9.17) is 4.74 Å². The quantitative estimate of drug-likeness (QED) is 0.830. The summed E-state index contributed by atoms with van der Waals surface area (Å²) < 4.78 is 5.36. The fraction of sp³-hybridized carbons (Fsp3) is 0.118. The van der Waals surface area contributed by atoms with Gasteiger partial charge < -0.3 is 14.9 Å². The summed E-state index contributed by atoms with van der Waals surface area (Å²) in [7, 11) is 0. The number of benzene rings is 2. The van der Waals surface area contributed by atoms with E-state index in [1.54, 1.807) is 6.92 Å². The molecule has 1 aliphatic rings. The van der Waals surface area contributed by atoms with E-state index in [-0.39, 0.29) is 17.1 Å². The highest BCUT2D eigenvalue weighted by atomic mass is 16.5. The standard InChI is InChI=1S/C17H14O4/c1-10-6-13(18)9-15(19)16(10)17(20)21-14-7-11-4-2-3-5-12(11)8-14/h2-7,9,18-19H,8H2,1H3. The Balaban J connectivity index is 1.83. The largest absolute Gasteiger partial charge is 0.508 e. The zero-order chi connectivity index (χ0) is 15.0. The summed E-state index contributed by atoms with van der Waals surface area (Å²) in [6.07, 6.45) is 2.37. The minimum Gasteiger partial charge on any atom is -0.508 e. The van der Waals surface area contributed by atoms with Gasteiger partial charge in [-0.05, 0) is 35.8 Å². The molecule has 1 aliphatic carbocycles. The molecular weight excluding hydrogens is 268 g/mol. The van der Waals surface area contributed by atoms with Gasteiger partial charge in [0.2, 0.25) is 0 Å². The molecule has 0 bridgehead atoms. The monoisotopic (exact) mass is 282 g/mol. The Labute approximate surface area is 121 Å². The SMILES string of the molecule is Cc1cc(O)cc(O)c1C(=O)OC1=Cc2ccccc2C1. The number of ether oxygens (including phenoxy) is 1. The van der Waals surface area contributed by atoms with Crippen molar-refractivity contribution in [3.63, 3.8) is 0 Å². The van der Waals surface area contributed by atoms with E-state index < -0.39 is 5.97 Å². The van der Waals surface area contributed by atoms with Crippen LogP contribution in [0.5, 0.6) is 11.5 Å². The molecule has 0 radical (unpaired) electrons. The second kappa shape index (κ2) is 4.98. The number of hydrogen-bond donors (Lipinski definition) is 2. The van der Waals surface area contributed by atoms with Crippen molar-refractivity contribution in [1.29, 1.82) is 0 Å². The molecule has 4 heteroatoms. The normalized spacial score (nSPS) is 12.7. The van der Waals surface area contributed by atoms with Crippen molar-refractivity contribution in [2.24, 2.45) is 0 Å². The third-order valence-electron chi connectivity index (χ3n) is 3.46. The Morgan fingerprint density at radius 2 is 1.95 bits per heavy atom. The van der Waals surface area contributed by atoms with Crippen LogP contribution in [0.1, 0.15) is 27.0 Å². The number of aryl methyl sites for hydroxylation is 1. The summed E-state index contributed by atoms with van der Waals surface area (Å²) in [5.74, 6) is -0.445. The van der Waals surface area contributed by atoms with Crippen LogP contribution in [0.25, 0.3) is 6.08 Å². The lowest BCUT2D eigenvalue weighted by molar-refractivity contribution is 0.0619.